The van der Waals surface area contributed by atoms with Crippen LogP contribution >= 0.6 is 0 Å². The minimum atomic E-state index is -0.592. The maximum atomic E-state index is 13.6. The smallest absolute Gasteiger partial charge is 0.141 e. The molecule has 2 nitrogen and oxygen atoms in total. The Hall–Kier alpha value is -2.72. The van der Waals surface area contributed by atoms with Gasteiger partial charge in [-0.05, 0) is 35.4 Å². The van der Waals surface area contributed by atoms with Crippen molar-refractivity contribution >= 4 is 0 Å². The van der Waals surface area contributed by atoms with Gasteiger partial charge in [-0.2, -0.15) is 10.5 Å². The molecule has 98 valence electrons. The number of halogens is 2. The highest BCUT2D eigenvalue weighted by molar-refractivity contribution is 5.41. The molecule has 0 N–H and O–H groups in total. The molecular formula is C16H10F2N2. The van der Waals surface area contributed by atoms with E-state index < -0.39 is 11.6 Å². The number of nitriles is 2. The predicted octanol–water partition coefficient (Wildman–Crippen LogP) is 3.86. The number of benzene rings is 2. The zero-order valence-electron chi connectivity index (χ0n) is 10.7. The van der Waals surface area contributed by atoms with E-state index in [2.05, 4.69) is 0 Å². The summed E-state index contributed by atoms with van der Waals surface area (Å²) < 4.78 is 27.2. The third kappa shape index (κ3) is 2.50. The summed E-state index contributed by atoms with van der Waals surface area (Å²) in [6, 6.07) is 12.2. The van der Waals surface area contributed by atoms with Crippen LogP contribution in [-0.4, -0.2) is 0 Å². The van der Waals surface area contributed by atoms with Crippen LogP contribution in [0.4, 0.5) is 8.78 Å². The van der Waals surface area contributed by atoms with E-state index in [0.717, 1.165) is 0 Å². The molecular weight excluding hydrogens is 258 g/mol. The van der Waals surface area contributed by atoms with Crippen molar-refractivity contribution in [3.63, 3.8) is 0 Å². The second-order valence-electron chi connectivity index (χ2n) is 4.42. The highest BCUT2D eigenvalue weighted by Gasteiger charge is 2.13. The minimum Gasteiger partial charge on any atom is -0.206 e. The number of hydrogen-bond acceptors (Lipinski definition) is 2. The molecule has 20 heavy (non-hydrogen) atoms. The Bertz CT molecular complexity index is 676. The second-order valence-corrected chi connectivity index (χ2v) is 4.42. The van der Waals surface area contributed by atoms with Gasteiger partial charge in [0.05, 0.1) is 11.1 Å². The van der Waals surface area contributed by atoms with Gasteiger partial charge in [-0.3, -0.25) is 0 Å². The summed E-state index contributed by atoms with van der Waals surface area (Å²) in [6.07, 6.45) is 0. The standard InChI is InChI=1S/C16H10F2N2/c1-10(11-2-4-13(8-19)15(17)6-11)12-3-5-14(9-20)16(18)7-12/h2-7,10H,1H3. The molecule has 2 aromatic carbocycles. The third-order valence-corrected chi connectivity index (χ3v) is 3.23. The molecule has 0 saturated carbocycles. The molecule has 0 saturated heterocycles. The van der Waals surface area contributed by atoms with Crippen molar-refractivity contribution in [2.45, 2.75) is 12.8 Å². The Morgan fingerprint density at radius 2 is 1.25 bits per heavy atom. The van der Waals surface area contributed by atoms with Crippen molar-refractivity contribution in [2.75, 3.05) is 0 Å². The molecule has 0 aliphatic heterocycles. The predicted molar refractivity (Wildman–Crippen MR) is 69.7 cm³/mol. The average molecular weight is 268 g/mol. The first-order valence-corrected chi connectivity index (χ1v) is 5.96. The topological polar surface area (TPSA) is 47.6 Å². The monoisotopic (exact) mass is 268 g/mol. The minimum absolute atomic E-state index is 0.0213. The molecule has 0 unspecified atom stereocenters. The molecule has 0 bridgehead atoms. The van der Waals surface area contributed by atoms with E-state index in [1.807, 2.05) is 6.92 Å². The van der Waals surface area contributed by atoms with Crippen molar-refractivity contribution in [1.82, 2.24) is 0 Å². The zero-order valence-corrected chi connectivity index (χ0v) is 10.7. The normalized spacial score (nSPS) is 10.1. The Balaban J connectivity index is 2.39. The van der Waals surface area contributed by atoms with E-state index in [4.69, 9.17) is 10.5 Å². The second kappa shape index (κ2) is 5.50. The van der Waals surface area contributed by atoms with Gasteiger partial charge in [-0.1, -0.05) is 19.1 Å². The molecule has 0 radical (unpaired) electrons. The summed E-state index contributed by atoms with van der Waals surface area (Å²) in [7, 11) is 0. The van der Waals surface area contributed by atoms with Crippen LogP contribution in [0.1, 0.15) is 35.1 Å². The maximum Gasteiger partial charge on any atom is 0.141 e. The van der Waals surface area contributed by atoms with Gasteiger partial charge in [0.25, 0.3) is 0 Å². The first-order valence-electron chi connectivity index (χ1n) is 5.96. The number of hydrogen-bond donors (Lipinski definition) is 0. The largest absolute Gasteiger partial charge is 0.206 e. The van der Waals surface area contributed by atoms with Crippen LogP contribution in [-0.2, 0) is 0 Å². The zero-order chi connectivity index (χ0) is 14.7. The fraction of sp³-hybridized carbons (Fsp3) is 0.125. The Kier molecular flexibility index (Phi) is 3.77. The molecule has 2 aromatic rings. The lowest BCUT2D eigenvalue weighted by molar-refractivity contribution is 0.617. The van der Waals surface area contributed by atoms with Crippen LogP contribution in [0.3, 0.4) is 0 Å². The van der Waals surface area contributed by atoms with Crippen molar-refractivity contribution in [1.29, 1.82) is 10.5 Å². The molecule has 0 heterocycles. The Morgan fingerprint density at radius 1 is 0.850 bits per heavy atom. The average Bonchev–Trinajstić information content (AvgIpc) is 2.46. The molecule has 0 aliphatic carbocycles. The third-order valence-electron chi connectivity index (χ3n) is 3.23. The van der Waals surface area contributed by atoms with Gasteiger partial charge in [0.15, 0.2) is 0 Å². The summed E-state index contributed by atoms with van der Waals surface area (Å²) in [6.45, 7) is 1.81. The molecule has 0 fully saturated rings. The van der Waals surface area contributed by atoms with E-state index in [1.165, 1.54) is 24.3 Å². The number of rotatable bonds is 2. The van der Waals surface area contributed by atoms with Crippen LogP contribution in [0.25, 0.3) is 0 Å². The van der Waals surface area contributed by atoms with E-state index in [-0.39, 0.29) is 17.0 Å². The molecule has 4 heteroatoms. The van der Waals surface area contributed by atoms with Crippen LogP contribution in [0.15, 0.2) is 36.4 Å². The van der Waals surface area contributed by atoms with Gasteiger partial charge in [-0.15, -0.1) is 0 Å². The van der Waals surface area contributed by atoms with Crippen LogP contribution < -0.4 is 0 Å². The van der Waals surface area contributed by atoms with Gasteiger partial charge in [0.1, 0.15) is 23.8 Å². The fourth-order valence-corrected chi connectivity index (χ4v) is 1.98. The van der Waals surface area contributed by atoms with Crippen molar-refractivity contribution in [2.24, 2.45) is 0 Å². The summed E-state index contributed by atoms with van der Waals surface area (Å²) in [4.78, 5) is 0. The first-order chi connectivity index (χ1) is 9.56. The van der Waals surface area contributed by atoms with Crippen LogP contribution in [0, 0.1) is 34.3 Å². The summed E-state index contributed by atoms with van der Waals surface area (Å²) in [5, 5.41) is 17.4. The molecule has 0 aliphatic rings. The Labute approximate surface area is 115 Å². The van der Waals surface area contributed by atoms with Crippen molar-refractivity contribution in [3.05, 3.63) is 70.3 Å². The van der Waals surface area contributed by atoms with Crippen molar-refractivity contribution in [3.8, 4) is 12.1 Å². The van der Waals surface area contributed by atoms with Gasteiger partial charge in [-0.25, -0.2) is 8.78 Å². The molecule has 0 amide bonds. The lowest BCUT2D eigenvalue weighted by Gasteiger charge is -2.13. The molecule has 2 rings (SSSR count). The molecule has 0 atom stereocenters. The van der Waals surface area contributed by atoms with Crippen LogP contribution in [0.2, 0.25) is 0 Å². The quantitative estimate of drug-likeness (QED) is 0.830. The SMILES string of the molecule is CC(c1ccc(C#N)c(F)c1)c1ccc(C#N)c(F)c1. The maximum absolute atomic E-state index is 13.6. The van der Waals surface area contributed by atoms with Crippen LogP contribution in [0.5, 0.6) is 0 Å². The highest BCUT2D eigenvalue weighted by atomic mass is 19.1. The number of nitrogens with zero attached hydrogens (tertiary/aromatic N) is 2. The molecule has 0 aromatic heterocycles. The molecule has 0 spiro atoms. The van der Waals surface area contributed by atoms with Crippen molar-refractivity contribution < 1.29 is 8.78 Å². The Morgan fingerprint density at radius 3 is 1.55 bits per heavy atom. The van der Waals surface area contributed by atoms with Gasteiger partial charge in [0, 0.05) is 5.92 Å². The summed E-state index contributed by atoms with van der Waals surface area (Å²) in [5.41, 5.74) is 1.25. The van der Waals surface area contributed by atoms with Gasteiger partial charge >= 0.3 is 0 Å². The van der Waals surface area contributed by atoms with E-state index in [9.17, 15) is 8.78 Å². The fourth-order valence-electron chi connectivity index (χ4n) is 1.98. The van der Waals surface area contributed by atoms with Gasteiger partial charge in [0.2, 0.25) is 0 Å². The lowest BCUT2D eigenvalue weighted by Crippen LogP contribution is -1.99. The summed E-state index contributed by atoms with van der Waals surface area (Å²) >= 11 is 0. The lowest BCUT2D eigenvalue weighted by atomic mass is 9.92. The van der Waals surface area contributed by atoms with E-state index in [0.29, 0.717) is 11.1 Å². The summed E-state index contributed by atoms with van der Waals surface area (Å²) in [5.74, 6) is -1.42. The van der Waals surface area contributed by atoms with E-state index >= 15 is 0 Å². The van der Waals surface area contributed by atoms with E-state index in [1.54, 1.807) is 24.3 Å². The first kappa shape index (κ1) is 13.7. The van der Waals surface area contributed by atoms with Gasteiger partial charge < -0.3 is 0 Å². The highest BCUT2D eigenvalue weighted by Crippen LogP contribution is 2.26.